The van der Waals surface area contributed by atoms with Crippen LogP contribution >= 0.6 is 11.8 Å². The van der Waals surface area contributed by atoms with Crippen LogP contribution in [0.25, 0.3) is 0 Å². The number of nitrogens with one attached hydrogen (secondary N) is 2. The maximum atomic E-state index is 12.2. The first-order valence-corrected chi connectivity index (χ1v) is 8.10. The van der Waals surface area contributed by atoms with Gasteiger partial charge in [0.1, 0.15) is 5.82 Å². The Morgan fingerprint density at radius 3 is 2.35 bits per heavy atom. The van der Waals surface area contributed by atoms with Crippen molar-refractivity contribution < 1.29 is 9.59 Å². The standard InChI is InChI=1S/C17H19N3O2S/c1-11-4-9-16(18-10-11)20-17(22)12(2)23-15-7-5-14(6-8-15)19-13(3)21/h4-10,12H,1-3H3,(H,19,21)(H,18,20,22). The highest BCUT2D eigenvalue weighted by atomic mass is 32.2. The molecule has 1 unspecified atom stereocenters. The maximum absolute atomic E-state index is 12.2. The minimum atomic E-state index is -0.260. The van der Waals surface area contributed by atoms with Crippen LogP contribution in [-0.4, -0.2) is 22.0 Å². The number of nitrogens with zero attached hydrogens (tertiary/aromatic N) is 1. The zero-order valence-corrected chi connectivity index (χ0v) is 14.1. The molecule has 0 aliphatic rings. The summed E-state index contributed by atoms with van der Waals surface area (Å²) in [5.74, 6) is 0.343. The molecule has 2 amide bonds. The van der Waals surface area contributed by atoms with Gasteiger partial charge in [0, 0.05) is 23.7 Å². The number of amides is 2. The Hall–Kier alpha value is -2.34. The van der Waals surface area contributed by atoms with Crippen molar-refractivity contribution >= 4 is 35.1 Å². The van der Waals surface area contributed by atoms with Gasteiger partial charge in [0.25, 0.3) is 0 Å². The van der Waals surface area contributed by atoms with Gasteiger partial charge in [0.2, 0.25) is 11.8 Å². The Morgan fingerprint density at radius 2 is 1.78 bits per heavy atom. The second kappa shape index (κ2) is 7.78. The number of anilines is 2. The average Bonchev–Trinajstić information content (AvgIpc) is 2.51. The highest BCUT2D eigenvalue weighted by molar-refractivity contribution is 8.00. The van der Waals surface area contributed by atoms with Crippen LogP contribution in [-0.2, 0) is 9.59 Å². The molecule has 1 heterocycles. The molecule has 23 heavy (non-hydrogen) atoms. The van der Waals surface area contributed by atoms with Gasteiger partial charge in [-0.1, -0.05) is 6.07 Å². The van der Waals surface area contributed by atoms with E-state index in [0.717, 1.165) is 16.1 Å². The molecule has 0 spiro atoms. The Balaban J connectivity index is 1.92. The molecule has 0 saturated heterocycles. The topological polar surface area (TPSA) is 71.1 Å². The fraction of sp³-hybridized carbons (Fsp3) is 0.235. The quantitative estimate of drug-likeness (QED) is 0.824. The Kier molecular flexibility index (Phi) is 5.76. The first kappa shape index (κ1) is 17.0. The molecule has 1 atom stereocenters. The number of hydrogen-bond donors (Lipinski definition) is 2. The number of benzene rings is 1. The summed E-state index contributed by atoms with van der Waals surface area (Å²) >= 11 is 1.45. The molecule has 0 saturated carbocycles. The third kappa shape index (κ3) is 5.41. The summed E-state index contributed by atoms with van der Waals surface area (Å²) in [6, 6.07) is 11.1. The summed E-state index contributed by atoms with van der Waals surface area (Å²) in [4.78, 5) is 28.3. The van der Waals surface area contributed by atoms with Gasteiger partial charge in [-0.25, -0.2) is 4.98 Å². The molecule has 0 fully saturated rings. The van der Waals surface area contributed by atoms with Gasteiger partial charge >= 0.3 is 0 Å². The molecular weight excluding hydrogens is 310 g/mol. The fourth-order valence-corrected chi connectivity index (χ4v) is 2.71. The smallest absolute Gasteiger partial charge is 0.238 e. The summed E-state index contributed by atoms with van der Waals surface area (Å²) in [5.41, 5.74) is 1.78. The molecule has 120 valence electrons. The second-order valence-electron chi connectivity index (χ2n) is 5.18. The summed E-state index contributed by atoms with van der Waals surface area (Å²) in [6.07, 6.45) is 1.72. The predicted octanol–water partition coefficient (Wildman–Crippen LogP) is 3.47. The zero-order valence-electron chi connectivity index (χ0n) is 13.3. The lowest BCUT2D eigenvalue weighted by Gasteiger charge is -2.12. The number of hydrogen-bond acceptors (Lipinski definition) is 4. The molecular formula is C17H19N3O2S. The Morgan fingerprint density at radius 1 is 1.09 bits per heavy atom. The van der Waals surface area contributed by atoms with E-state index in [2.05, 4.69) is 15.6 Å². The van der Waals surface area contributed by atoms with E-state index in [-0.39, 0.29) is 17.1 Å². The van der Waals surface area contributed by atoms with Crippen molar-refractivity contribution in [3.63, 3.8) is 0 Å². The Bertz CT molecular complexity index is 684. The summed E-state index contributed by atoms with van der Waals surface area (Å²) < 4.78 is 0. The second-order valence-corrected chi connectivity index (χ2v) is 6.59. The molecule has 0 radical (unpaired) electrons. The molecule has 1 aromatic carbocycles. The Labute approximate surface area is 139 Å². The summed E-state index contributed by atoms with van der Waals surface area (Å²) in [7, 11) is 0. The van der Waals surface area contributed by atoms with E-state index in [4.69, 9.17) is 0 Å². The van der Waals surface area contributed by atoms with Crippen LogP contribution < -0.4 is 10.6 Å². The number of carbonyl (C=O) groups is 2. The number of rotatable bonds is 5. The van der Waals surface area contributed by atoms with E-state index in [9.17, 15) is 9.59 Å². The molecule has 2 rings (SSSR count). The van der Waals surface area contributed by atoms with Crippen molar-refractivity contribution in [2.24, 2.45) is 0 Å². The van der Waals surface area contributed by atoms with E-state index in [1.54, 1.807) is 12.3 Å². The lowest BCUT2D eigenvalue weighted by molar-refractivity contribution is -0.115. The van der Waals surface area contributed by atoms with E-state index >= 15 is 0 Å². The minimum Gasteiger partial charge on any atom is -0.326 e. The molecule has 0 aliphatic carbocycles. The predicted molar refractivity (Wildman–Crippen MR) is 93.7 cm³/mol. The van der Waals surface area contributed by atoms with Crippen molar-refractivity contribution in [1.29, 1.82) is 0 Å². The molecule has 2 aromatic rings. The SMILES string of the molecule is CC(=O)Nc1ccc(SC(C)C(=O)Nc2ccc(C)cn2)cc1. The van der Waals surface area contributed by atoms with Crippen molar-refractivity contribution in [3.8, 4) is 0 Å². The fourth-order valence-electron chi connectivity index (χ4n) is 1.85. The van der Waals surface area contributed by atoms with Crippen LogP contribution in [0, 0.1) is 6.92 Å². The van der Waals surface area contributed by atoms with Gasteiger partial charge in [-0.3, -0.25) is 9.59 Å². The molecule has 1 aromatic heterocycles. The highest BCUT2D eigenvalue weighted by Crippen LogP contribution is 2.25. The highest BCUT2D eigenvalue weighted by Gasteiger charge is 2.15. The van der Waals surface area contributed by atoms with Crippen molar-refractivity contribution in [2.45, 2.75) is 30.9 Å². The summed E-state index contributed by atoms with van der Waals surface area (Å²) in [6.45, 7) is 5.26. The molecule has 0 bridgehead atoms. The van der Waals surface area contributed by atoms with Crippen molar-refractivity contribution in [2.75, 3.05) is 10.6 Å². The van der Waals surface area contributed by atoms with Gasteiger partial charge in [0.05, 0.1) is 5.25 Å². The first-order chi connectivity index (χ1) is 10.9. The van der Waals surface area contributed by atoms with Gasteiger partial charge < -0.3 is 10.6 Å². The van der Waals surface area contributed by atoms with Crippen LogP contribution in [0.2, 0.25) is 0 Å². The van der Waals surface area contributed by atoms with Crippen LogP contribution in [0.15, 0.2) is 47.5 Å². The zero-order chi connectivity index (χ0) is 16.8. The van der Waals surface area contributed by atoms with Crippen LogP contribution in [0.1, 0.15) is 19.4 Å². The normalized spacial score (nSPS) is 11.6. The largest absolute Gasteiger partial charge is 0.326 e. The van der Waals surface area contributed by atoms with Gasteiger partial charge in [0.15, 0.2) is 0 Å². The number of thioether (sulfide) groups is 1. The first-order valence-electron chi connectivity index (χ1n) is 7.22. The average molecular weight is 329 g/mol. The number of carbonyl (C=O) groups excluding carboxylic acids is 2. The van der Waals surface area contributed by atoms with Crippen molar-refractivity contribution in [1.82, 2.24) is 4.98 Å². The summed E-state index contributed by atoms with van der Waals surface area (Å²) in [5, 5.41) is 5.25. The molecule has 5 nitrogen and oxygen atoms in total. The number of aryl methyl sites for hydroxylation is 1. The number of pyridine rings is 1. The van der Waals surface area contributed by atoms with Crippen molar-refractivity contribution in [3.05, 3.63) is 48.2 Å². The van der Waals surface area contributed by atoms with Crippen LogP contribution in [0.5, 0.6) is 0 Å². The minimum absolute atomic E-state index is 0.0997. The third-order valence-corrected chi connectivity index (χ3v) is 4.13. The number of aromatic nitrogens is 1. The molecule has 6 heteroatoms. The van der Waals surface area contributed by atoms with Gasteiger partial charge in [-0.2, -0.15) is 0 Å². The maximum Gasteiger partial charge on any atom is 0.238 e. The lowest BCUT2D eigenvalue weighted by atomic mass is 10.3. The van der Waals surface area contributed by atoms with Crippen LogP contribution in [0.3, 0.4) is 0 Å². The van der Waals surface area contributed by atoms with E-state index in [0.29, 0.717) is 5.82 Å². The molecule has 2 N–H and O–H groups in total. The van der Waals surface area contributed by atoms with E-state index in [1.807, 2.05) is 44.2 Å². The molecule has 0 aliphatic heterocycles. The monoisotopic (exact) mass is 329 g/mol. The van der Waals surface area contributed by atoms with Crippen LogP contribution in [0.4, 0.5) is 11.5 Å². The van der Waals surface area contributed by atoms with Gasteiger partial charge in [-0.05, 0) is 49.7 Å². The van der Waals surface area contributed by atoms with E-state index < -0.39 is 0 Å². The van der Waals surface area contributed by atoms with E-state index in [1.165, 1.54) is 18.7 Å². The van der Waals surface area contributed by atoms with Gasteiger partial charge in [-0.15, -0.1) is 11.8 Å². The lowest BCUT2D eigenvalue weighted by Crippen LogP contribution is -2.22. The third-order valence-electron chi connectivity index (χ3n) is 3.02.